The predicted octanol–water partition coefficient (Wildman–Crippen LogP) is 3.01. The number of carbonyl (C=O) groups is 2. The van der Waals surface area contributed by atoms with Crippen LogP contribution in [0.2, 0.25) is 0 Å². The Morgan fingerprint density at radius 1 is 1.43 bits per heavy atom. The Balaban J connectivity index is 1.94. The number of hydrogen-bond acceptors (Lipinski definition) is 4. The second-order valence-corrected chi connectivity index (χ2v) is 7.98. The summed E-state index contributed by atoms with van der Waals surface area (Å²) >= 11 is 3.43. The molecule has 21 heavy (non-hydrogen) atoms. The minimum absolute atomic E-state index is 0.144. The van der Waals surface area contributed by atoms with E-state index in [2.05, 4.69) is 5.32 Å². The number of thiophene rings is 1. The van der Waals surface area contributed by atoms with Gasteiger partial charge in [-0.15, -0.1) is 11.3 Å². The number of thioether (sulfide) groups is 1. The van der Waals surface area contributed by atoms with Crippen LogP contribution in [0.5, 0.6) is 0 Å². The maximum atomic E-state index is 12.2. The molecule has 0 aliphatic carbocycles. The number of aliphatic carboxylic acids is 1. The molecule has 0 aromatic carbocycles. The van der Waals surface area contributed by atoms with E-state index in [-0.39, 0.29) is 12.5 Å². The van der Waals surface area contributed by atoms with Crippen molar-refractivity contribution in [1.29, 1.82) is 0 Å². The van der Waals surface area contributed by atoms with Crippen molar-refractivity contribution in [3.05, 3.63) is 21.4 Å². The lowest BCUT2D eigenvalue weighted by Crippen LogP contribution is -2.33. The maximum Gasteiger partial charge on any atom is 0.308 e. The lowest BCUT2D eigenvalue weighted by Gasteiger charge is -2.15. The van der Waals surface area contributed by atoms with Crippen LogP contribution in [0, 0.1) is 11.8 Å². The Morgan fingerprint density at radius 2 is 2.19 bits per heavy atom. The molecule has 1 aliphatic heterocycles. The van der Waals surface area contributed by atoms with Crippen LogP contribution in [-0.4, -0.2) is 29.3 Å². The van der Waals surface area contributed by atoms with Crippen LogP contribution >= 0.6 is 23.1 Å². The third kappa shape index (κ3) is 4.48. The molecule has 0 saturated heterocycles. The van der Waals surface area contributed by atoms with Crippen LogP contribution < -0.4 is 5.32 Å². The van der Waals surface area contributed by atoms with Gasteiger partial charge in [-0.1, -0.05) is 13.8 Å². The molecule has 1 aromatic rings. The van der Waals surface area contributed by atoms with Crippen LogP contribution in [0.25, 0.3) is 0 Å². The molecule has 1 unspecified atom stereocenters. The first-order valence-electron chi connectivity index (χ1n) is 7.17. The van der Waals surface area contributed by atoms with Gasteiger partial charge in [0.15, 0.2) is 0 Å². The Morgan fingerprint density at radius 3 is 2.81 bits per heavy atom. The van der Waals surface area contributed by atoms with Crippen molar-refractivity contribution >= 4 is 35.0 Å². The van der Waals surface area contributed by atoms with Crippen molar-refractivity contribution in [2.24, 2.45) is 11.8 Å². The van der Waals surface area contributed by atoms with Gasteiger partial charge in [0.25, 0.3) is 5.91 Å². The monoisotopic (exact) mass is 327 g/mol. The predicted molar refractivity (Wildman–Crippen MR) is 87.1 cm³/mol. The van der Waals surface area contributed by atoms with Gasteiger partial charge in [-0.25, -0.2) is 0 Å². The topological polar surface area (TPSA) is 66.4 Å². The molecular weight excluding hydrogens is 306 g/mol. The van der Waals surface area contributed by atoms with E-state index < -0.39 is 11.9 Å². The third-order valence-corrected chi connectivity index (χ3v) is 5.71. The quantitative estimate of drug-likeness (QED) is 0.843. The second-order valence-electron chi connectivity index (χ2n) is 5.74. The summed E-state index contributed by atoms with van der Waals surface area (Å²) in [5.41, 5.74) is 1.26. The fourth-order valence-electron chi connectivity index (χ4n) is 2.40. The number of fused-ring (bicyclic) bond motifs is 1. The van der Waals surface area contributed by atoms with E-state index >= 15 is 0 Å². The van der Waals surface area contributed by atoms with Crippen LogP contribution in [-0.2, 0) is 17.0 Å². The van der Waals surface area contributed by atoms with Crippen LogP contribution in [0.3, 0.4) is 0 Å². The molecule has 0 bridgehead atoms. The number of carboxylic acids is 1. The van der Waals surface area contributed by atoms with E-state index in [1.54, 1.807) is 11.3 Å². The van der Waals surface area contributed by atoms with Crippen molar-refractivity contribution in [3.8, 4) is 0 Å². The van der Waals surface area contributed by atoms with Gasteiger partial charge in [-0.3, -0.25) is 9.59 Å². The number of rotatable bonds is 6. The molecule has 0 radical (unpaired) electrons. The Bertz CT molecular complexity index is 501. The highest BCUT2D eigenvalue weighted by atomic mass is 32.2. The van der Waals surface area contributed by atoms with Crippen molar-refractivity contribution in [3.63, 3.8) is 0 Å². The van der Waals surface area contributed by atoms with Gasteiger partial charge in [-0.05, 0) is 36.1 Å². The van der Waals surface area contributed by atoms with Gasteiger partial charge in [0.2, 0.25) is 0 Å². The van der Waals surface area contributed by atoms with Crippen LogP contribution in [0.4, 0.5) is 0 Å². The Hall–Kier alpha value is -1.01. The molecule has 0 fully saturated rings. The summed E-state index contributed by atoms with van der Waals surface area (Å²) in [6.07, 6.45) is 1.61. The van der Waals surface area contributed by atoms with E-state index in [9.17, 15) is 14.7 Å². The van der Waals surface area contributed by atoms with Gasteiger partial charge in [-0.2, -0.15) is 11.8 Å². The average molecular weight is 327 g/mol. The minimum Gasteiger partial charge on any atom is -0.481 e. The molecule has 2 N–H and O–H groups in total. The summed E-state index contributed by atoms with van der Waals surface area (Å²) in [5.74, 6) is 0.891. The second kappa shape index (κ2) is 7.31. The highest BCUT2D eigenvalue weighted by molar-refractivity contribution is 7.98. The summed E-state index contributed by atoms with van der Waals surface area (Å²) in [6.45, 7) is 4.18. The first-order chi connectivity index (χ1) is 9.97. The molecule has 1 amide bonds. The van der Waals surface area contributed by atoms with Crippen LogP contribution in [0.15, 0.2) is 6.07 Å². The lowest BCUT2D eigenvalue weighted by molar-refractivity contribution is -0.142. The normalized spacial score (nSPS) is 15.6. The van der Waals surface area contributed by atoms with E-state index in [0.29, 0.717) is 17.2 Å². The minimum atomic E-state index is -0.842. The van der Waals surface area contributed by atoms with Crippen molar-refractivity contribution < 1.29 is 14.7 Å². The third-order valence-electron chi connectivity index (χ3n) is 3.47. The van der Waals surface area contributed by atoms with Crippen molar-refractivity contribution in [2.45, 2.75) is 32.4 Å². The number of aryl methyl sites for hydroxylation is 1. The largest absolute Gasteiger partial charge is 0.481 e. The number of carbonyl (C=O) groups excluding carboxylic acids is 1. The van der Waals surface area contributed by atoms with E-state index in [4.69, 9.17) is 0 Å². The fourth-order valence-corrected chi connectivity index (χ4v) is 4.69. The summed E-state index contributed by atoms with van der Waals surface area (Å²) in [4.78, 5) is 25.4. The fraction of sp³-hybridized carbons (Fsp3) is 0.600. The molecule has 2 rings (SSSR count). The summed E-state index contributed by atoms with van der Waals surface area (Å²) < 4.78 is 0. The number of carboxylic acid groups (broad SMARTS) is 1. The number of amides is 1. The smallest absolute Gasteiger partial charge is 0.308 e. The Labute approximate surface area is 133 Å². The summed E-state index contributed by atoms with van der Waals surface area (Å²) in [7, 11) is 0. The first-order valence-corrected chi connectivity index (χ1v) is 9.14. The lowest BCUT2D eigenvalue weighted by atomic mass is 9.97. The number of hydrogen-bond donors (Lipinski definition) is 2. The van der Waals surface area contributed by atoms with E-state index in [1.165, 1.54) is 10.4 Å². The zero-order chi connectivity index (χ0) is 15.4. The molecule has 2 heterocycles. The molecule has 4 nitrogen and oxygen atoms in total. The summed E-state index contributed by atoms with van der Waals surface area (Å²) in [6, 6.07) is 1.96. The van der Waals surface area contributed by atoms with Gasteiger partial charge >= 0.3 is 5.97 Å². The molecule has 6 heteroatoms. The molecule has 1 aromatic heterocycles. The maximum absolute atomic E-state index is 12.2. The van der Waals surface area contributed by atoms with E-state index in [1.807, 2.05) is 31.7 Å². The highest BCUT2D eigenvalue weighted by Gasteiger charge is 2.22. The molecule has 0 saturated carbocycles. The molecule has 116 valence electrons. The molecule has 1 atom stereocenters. The van der Waals surface area contributed by atoms with Gasteiger partial charge in [0, 0.05) is 17.2 Å². The zero-order valence-corrected chi connectivity index (χ0v) is 14.0. The molecular formula is C15H21NO3S2. The van der Waals surface area contributed by atoms with Crippen LogP contribution in [0.1, 0.15) is 40.4 Å². The Kier molecular flexibility index (Phi) is 5.70. The molecule has 1 aliphatic rings. The highest BCUT2D eigenvalue weighted by Crippen LogP contribution is 2.31. The van der Waals surface area contributed by atoms with Gasteiger partial charge in [0.1, 0.15) is 0 Å². The van der Waals surface area contributed by atoms with E-state index in [0.717, 1.165) is 17.9 Å². The average Bonchev–Trinajstić information content (AvgIpc) is 2.86. The molecule has 0 spiro atoms. The van der Waals surface area contributed by atoms with Gasteiger partial charge in [0.05, 0.1) is 10.8 Å². The zero-order valence-electron chi connectivity index (χ0n) is 12.3. The number of nitrogens with one attached hydrogen (secondary N) is 1. The SMILES string of the molecule is CC(C)CC(CNC(=O)c1cc2c(s1)CCSC2)C(=O)O. The van der Waals surface area contributed by atoms with Crippen molar-refractivity contribution in [1.82, 2.24) is 5.32 Å². The first kappa shape index (κ1) is 16.4. The summed E-state index contributed by atoms with van der Waals surface area (Å²) in [5, 5.41) is 12.0. The standard InChI is InChI=1S/C15H21NO3S2/c1-9(2)5-10(15(18)19)7-16-14(17)13-6-11-8-20-4-3-12(11)21-13/h6,9-10H,3-5,7-8H2,1-2H3,(H,16,17)(H,18,19). The van der Waals surface area contributed by atoms with Crippen molar-refractivity contribution in [2.75, 3.05) is 12.3 Å². The van der Waals surface area contributed by atoms with Gasteiger partial charge < -0.3 is 10.4 Å².